The van der Waals surface area contributed by atoms with Gasteiger partial charge in [0.25, 0.3) is 0 Å². The van der Waals surface area contributed by atoms with E-state index < -0.39 is 15.2 Å². The minimum absolute atomic E-state index is 0.0487. The van der Waals surface area contributed by atoms with Crippen molar-refractivity contribution in [1.82, 2.24) is 15.2 Å². The van der Waals surface area contributed by atoms with Gasteiger partial charge >= 0.3 is 15.2 Å². The minimum Gasteiger partial charge on any atom is -0.495 e. The van der Waals surface area contributed by atoms with Crippen molar-refractivity contribution in [1.29, 1.82) is 0 Å². The van der Waals surface area contributed by atoms with E-state index in [9.17, 15) is 9.13 Å². The standard InChI is InChI=1S/C11H17ClNO4P.C10H16ClN2O4P/c1-4-16-18(14,17-5-2)8-9-6-11(12)13-7-10(9)15-3;1-4-16-18(14,17-5-2)7-8-6-9(11)12-13-10(8)15-3/h6-7H,4-5,8H2,1-3H3;6H,4-5,7H2,1-3H3. The maximum Gasteiger partial charge on any atom is 0.335 e. The predicted molar refractivity (Wildman–Crippen MR) is 139 cm³/mol. The normalized spacial score (nSPS) is 11.6. The van der Waals surface area contributed by atoms with Crippen molar-refractivity contribution in [2.75, 3.05) is 40.6 Å². The topological polar surface area (TPSA) is 128 Å². The largest absolute Gasteiger partial charge is 0.495 e. The van der Waals surface area contributed by atoms with E-state index in [1.165, 1.54) is 26.5 Å². The first kappa shape index (κ1) is 32.7. The van der Waals surface area contributed by atoms with Crippen LogP contribution in [-0.4, -0.2) is 55.8 Å². The Labute approximate surface area is 222 Å². The van der Waals surface area contributed by atoms with Crippen molar-refractivity contribution < 1.29 is 36.7 Å². The van der Waals surface area contributed by atoms with Crippen LogP contribution in [-0.2, 0) is 39.5 Å². The summed E-state index contributed by atoms with van der Waals surface area (Å²) in [5.41, 5.74) is 1.20. The highest BCUT2D eigenvalue weighted by molar-refractivity contribution is 7.53. The van der Waals surface area contributed by atoms with Crippen LogP contribution in [0, 0.1) is 0 Å². The molecule has 2 aromatic rings. The van der Waals surface area contributed by atoms with Gasteiger partial charge in [-0.05, 0) is 39.8 Å². The molecule has 36 heavy (non-hydrogen) atoms. The summed E-state index contributed by atoms with van der Waals surface area (Å²) < 4.78 is 55.8. The van der Waals surface area contributed by atoms with E-state index >= 15 is 0 Å². The van der Waals surface area contributed by atoms with Crippen LogP contribution >= 0.6 is 38.4 Å². The lowest BCUT2D eigenvalue weighted by molar-refractivity contribution is 0.217. The Morgan fingerprint density at radius 2 is 1.19 bits per heavy atom. The third-order valence-corrected chi connectivity index (χ3v) is 8.62. The summed E-state index contributed by atoms with van der Waals surface area (Å²) in [6.07, 6.45) is 1.65. The number of aromatic nitrogens is 3. The summed E-state index contributed by atoms with van der Waals surface area (Å²) in [7, 11) is -3.41. The zero-order valence-electron chi connectivity index (χ0n) is 21.2. The molecule has 11 nitrogen and oxygen atoms in total. The van der Waals surface area contributed by atoms with Crippen LogP contribution in [0.2, 0.25) is 10.3 Å². The molecule has 0 amide bonds. The number of ether oxygens (including phenoxy) is 2. The van der Waals surface area contributed by atoms with Gasteiger partial charge in [-0.15, -0.1) is 10.2 Å². The molecule has 2 heterocycles. The lowest BCUT2D eigenvalue weighted by atomic mass is 10.3. The van der Waals surface area contributed by atoms with E-state index in [1.54, 1.807) is 33.8 Å². The van der Waals surface area contributed by atoms with E-state index in [0.717, 1.165) is 0 Å². The molecule has 0 saturated heterocycles. The van der Waals surface area contributed by atoms with Gasteiger partial charge in [-0.2, -0.15) is 0 Å². The Kier molecular flexibility index (Phi) is 15.0. The third kappa shape index (κ3) is 11.0. The highest BCUT2D eigenvalue weighted by Crippen LogP contribution is 2.53. The molecule has 0 radical (unpaired) electrons. The zero-order valence-corrected chi connectivity index (χ0v) is 24.5. The number of hydrogen-bond donors (Lipinski definition) is 0. The molecule has 0 aromatic carbocycles. The summed E-state index contributed by atoms with van der Waals surface area (Å²) in [4.78, 5) is 3.90. The van der Waals surface area contributed by atoms with Crippen molar-refractivity contribution in [2.24, 2.45) is 0 Å². The molecule has 0 saturated carbocycles. The van der Waals surface area contributed by atoms with E-state index in [0.29, 0.717) is 48.5 Å². The van der Waals surface area contributed by atoms with Crippen molar-refractivity contribution in [3.05, 3.63) is 39.8 Å². The molecule has 0 spiro atoms. The number of nitrogens with zero attached hydrogens (tertiary/aromatic N) is 3. The number of pyridine rings is 1. The van der Waals surface area contributed by atoms with Crippen LogP contribution in [0.15, 0.2) is 18.3 Å². The van der Waals surface area contributed by atoms with Gasteiger partial charge in [0.05, 0.1) is 59.2 Å². The predicted octanol–water partition coefficient (Wildman–Crippen LogP) is 6.41. The average Bonchev–Trinajstić information content (AvgIpc) is 2.80. The maximum atomic E-state index is 12.4. The van der Waals surface area contributed by atoms with Gasteiger partial charge in [-0.3, -0.25) is 9.13 Å². The number of hydrogen-bond acceptors (Lipinski definition) is 11. The summed E-state index contributed by atoms with van der Waals surface area (Å²) in [5, 5.41) is 7.93. The van der Waals surface area contributed by atoms with Crippen LogP contribution in [0.1, 0.15) is 38.8 Å². The molecule has 0 atom stereocenters. The monoisotopic (exact) mass is 587 g/mol. The number of methoxy groups -OCH3 is 2. The van der Waals surface area contributed by atoms with Crippen LogP contribution in [0.25, 0.3) is 0 Å². The Morgan fingerprint density at radius 1 is 0.722 bits per heavy atom. The lowest BCUT2D eigenvalue weighted by Crippen LogP contribution is -2.03. The van der Waals surface area contributed by atoms with E-state index in [1.807, 2.05) is 0 Å². The van der Waals surface area contributed by atoms with Gasteiger partial charge in [0, 0.05) is 11.1 Å². The molecular weight excluding hydrogens is 555 g/mol. The van der Waals surface area contributed by atoms with Crippen LogP contribution in [0.4, 0.5) is 0 Å². The third-order valence-electron chi connectivity index (χ3n) is 4.16. The fraction of sp³-hybridized carbons (Fsp3) is 0.571. The molecule has 0 N–H and O–H groups in total. The highest BCUT2D eigenvalue weighted by atomic mass is 35.5. The van der Waals surface area contributed by atoms with E-state index in [2.05, 4.69) is 15.2 Å². The zero-order chi connectivity index (χ0) is 27.2. The average molecular weight is 588 g/mol. The molecule has 0 bridgehead atoms. The maximum absolute atomic E-state index is 12.4. The molecule has 0 aliphatic rings. The Hall–Kier alpha value is -1.29. The lowest BCUT2D eigenvalue weighted by Gasteiger charge is -2.18. The van der Waals surface area contributed by atoms with Gasteiger partial charge < -0.3 is 27.6 Å². The molecular formula is C21H33Cl2N3O8P2. The quantitative estimate of drug-likeness (QED) is 0.179. The summed E-state index contributed by atoms with van der Waals surface area (Å²) >= 11 is 11.6. The Balaban J connectivity index is 0.000000360. The minimum atomic E-state index is -3.21. The molecule has 15 heteroatoms. The summed E-state index contributed by atoms with van der Waals surface area (Å²) in [6, 6.07) is 3.14. The van der Waals surface area contributed by atoms with Crippen LogP contribution < -0.4 is 9.47 Å². The molecule has 0 aliphatic carbocycles. The Bertz CT molecular complexity index is 947. The fourth-order valence-electron chi connectivity index (χ4n) is 2.90. The molecule has 2 rings (SSSR count). The first-order chi connectivity index (χ1) is 17.1. The second kappa shape index (κ2) is 16.5. The fourth-order valence-corrected chi connectivity index (χ4v) is 6.65. The molecule has 0 aliphatic heterocycles. The van der Waals surface area contributed by atoms with E-state index in [4.69, 9.17) is 50.8 Å². The van der Waals surface area contributed by atoms with Gasteiger partial charge in [0.15, 0.2) is 5.15 Å². The second-order valence-electron chi connectivity index (χ2n) is 6.73. The SMILES string of the molecule is CCOP(=O)(Cc1cc(Cl)ncc1OC)OCC.CCOP(=O)(Cc1cc(Cl)nnc1OC)OCC. The van der Waals surface area contributed by atoms with Crippen molar-refractivity contribution in [2.45, 2.75) is 40.0 Å². The molecule has 204 valence electrons. The number of rotatable bonds is 14. The molecule has 0 fully saturated rings. The van der Waals surface area contributed by atoms with Crippen LogP contribution in [0.5, 0.6) is 11.6 Å². The molecule has 0 unspecified atom stereocenters. The van der Waals surface area contributed by atoms with Crippen molar-refractivity contribution >= 4 is 38.4 Å². The van der Waals surface area contributed by atoms with Crippen molar-refractivity contribution in [3.63, 3.8) is 0 Å². The first-order valence-electron chi connectivity index (χ1n) is 11.1. The van der Waals surface area contributed by atoms with Gasteiger partial charge in [0.1, 0.15) is 10.9 Å². The Morgan fingerprint density at radius 3 is 1.64 bits per heavy atom. The first-order valence-corrected chi connectivity index (χ1v) is 15.3. The number of halogens is 2. The van der Waals surface area contributed by atoms with E-state index in [-0.39, 0.29) is 23.4 Å². The van der Waals surface area contributed by atoms with Crippen LogP contribution in [0.3, 0.4) is 0 Å². The highest BCUT2D eigenvalue weighted by Gasteiger charge is 2.27. The van der Waals surface area contributed by atoms with Gasteiger partial charge in [0.2, 0.25) is 5.88 Å². The smallest absolute Gasteiger partial charge is 0.335 e. The van der Waals surface area contributed by atoms with Gasteiger partial charge in [-0.1, -0.05) is 23.2 Å². The summed E-state index contributed by atoms with van der Waals surface area (Å²) in [5.74, 6) is 0.776. The summed E-state index contributed by atoms with van der Waals surface area (Å²) in [6.45, 7) is 8.26. The second-order valence-corrected chi connectivity index (χ2v) is 11.6. The van der Waals surface area contributed by atoms with Gasteiger partial charge in [-0.25, -0.2) is 4.98 Å². The molecule has 2 aromatic heterocycles. The van der Waals surface area contributed by atoms with Crippen molar-refractivity contribution in [3.8, 4) is 11.6 Å².